The Bertz CT molecular complexity index is 966. The summed E-state index contributed by atoms with van der Waals surface area (Å²) in [4.78, 5) is 16.5. The number of fused-ring (bicyclic) bond motifs is 1. The molecule has 1 aliphatic heterocycles. The van der Waals surface area contributed by atoms with Gasteiger partial charge in [-0.2, -0.15) is 0 Å². The second-order valence-corrected chi connectivity index (χ2v) is 7.54. The topological polar surface area (TPSA) is 60.5 Å². The van der Waals surface area contributed by atoms with Gasteiger partial charge in [-0.3, -0.25) is 4.79 Å². The summed E-state index contributed by atoms with van der Waals surface area (Å²) in [6.07, 6.45) is 2.56. The molecule has 4 rings (SSSR count). The minimum absolute atomic E-state index is 0.110. The number of nitrogens with zero attached hydrogens (tertiary/aromatic N) is 1. The first-order valence-corrected chi connectivity index (χ1v) is 10.3. The van der Waals surface area contributed by atoms with Crippen molar-refractivity contribution in [3.05, 3.63) is 53.4 Å². The molecule has 0 atom stereocenters. The molecule has 0 radical (unpaired) electrons. The second-order valence-electron chi connectivity index (χ2n) is 6.68. The number of unbranched alkanes of at least 4 members (excludes halogenated alkanes) is 1. The number of amides is 1. The van der Waals surface area contributed by atoms with E-state index < -0.39 is 0 Å². The molecule has 0 bridgehead atoms. The number of ether oxygens (including phenoxy) is 2. The first kappa shape index (κ1) is 18.5. The number of nitrogens with one attached hydrogen (secondary N) is 1. The average Bonchev–Trinajstić information content (AvgIpc) is 3.40. The van der Waals surface area contributed by atoms with E-state index in [2.05, 4.69) is 29.8 Å². The molecule has 1 aliphatic rings. The Labute approximate surface area is 168 Å². The molecule has 0 aliphatic carbocycles. The van der Waals surface area contributed by atoms with Gasteiger partial charge in [-0.15, -0.1) is 11.3 Å². The minimum Gasteiger partial charge on any atom is -0.454 e. The van der Waals surface area contributed by atoms with Gasteiger partial charge in [0.25, 0.3) is 0 Å². The molecule has 0 spiro atoms. The lowest BCUT2D eigenvalue weighted by Crippen LogP contribution is -2.22. The summed E-state index contributed by atoms with van der Waals surface area (Å²) in [7, 11) is 0. The summed E-state index contributed by atoms with van der Waals surface area (Å²) in [5.41, 5.74) is 4.09. The third-order valence-electron chi connectivity index (χ3n) is 4.62. The predicted molar refractivity (Wildman–Crippen MR) is 110 cm³/mol. The van der Waals surface area contributed by atoms with Crippen molar-refractivity contribution >= 4 is 17.2 Å². The van der Waals surface area contributed by atoms with Gasteiger partial charge < -0.3 is 14.8 Å². The number of thiazole rings is 1. The monoisotopic (exact) mass is 394 g/mol. The lowest BCUT2D eigenvalue weighted by Gasteiger charge is -2.05. The van der Waals surface area contributed by atoms with Gasteiger partial charge in [0, 0.05) is 29.5 Å². The largest absolute Gasteiger partial charge is 0.454 e. The van der Waals surface area contributed by atoms with Crippen LogP contribution in [0.5, 0.6) is 11.5 Å². The lowest BCUT2D eigenvalue weighted by molar-refractivity contribution is -0.121. The maximum absolute atomic E-state index is 11.7. The van der Waals surface area contributed by atoms with Crippen LogP contribution in [0.25, 0.3) is 21.8 Å². The van der Waals surface area contributed by atoms with Crippen molar-refractivity contribution in [3.8, 4) is 33.3 Å². The second kappa shape index (κ2) is 8.44. The van der Waals surface area contributed by atoms with Gasteiger partial charge >= 0.3 is 0 Å². The van der Waals surface area contributed by atoms with Crippen LogP contribution in [0.1, 0.15) is 31.7 Å². The number of carbonyl (C=O) groups excluding carboxylic acids is 1. The van der Waals surface area contributed by atoms with Crippen LogP contribution in [-0.2, 0) is 11.3 Å². The van der Waals surface area contributed by atoms with Crippen molar-refractivity contribution in [2.45, 2.75) is 32.7 Å². The SMILES string of the molecule is CCCCC(=O)NCc1ccc(-c2nc(-c3ccc4c(c3)OCO4)cs2)cc1. The summed E-state index contributed by atoms with van der Waals surface area (Å²) in [5.74, 6) is 1.65. The minimum atomic E-state index is 0.110. The molecule has 0 unspecified atom stereocenters. The van der Waals surface area contributed by atoms with E-state index in [0.717, 1.165) is 51.7 Å². The number of hydrogen-bond donors (Lipinski definition) is 1. The van der Waals surface area contributed by atoms with E-state index in [4.69, 9.17) is 14.5 Å². The van der Waals surface area contributed by atoms with Crippen molar-refractivity contribution in [2.24, 2.45) is 0 Å². The Balaban J connectivity index is 1.42. The van der Waals surface area contributed by atoms with Gasteiger partial charge in [0.1, 0.15) is 5.01 Å². The molecule has 144 valence electrons. The third kappa shape index (κ3) is 4.17. The lowest BCUT2D eigenvalue weighted by atomic mass is 10.1. The first-order valence-electron chi connectivity index (χ1n) is 9.44. The maximum Gasteiger partial charge on any atom is 0.231 e. The maximum atomic E-state index is 11.7. The van der Waals surface area contributed by atoms with Crippen molar-refractivity contribution in [1.82, 2.24) is 10.3 Å². The summed E-state index contributed by atoms with van der Waals surface area (Å²) >= 11 is 1.61. The highest BCUT2D eigenvalue weighted by molar-refractivity contribution is 7.13. The summed E-state index contributed by atoms with van der Waals surface area (Å²) < 4.78 is 10.8. The van der Waals surface area contributed by atoms with Crippen molar-refractivity contribution in [1.29, 1.82) is 0 Å². The van der Waals surface area contributed by atoms with E-state index in [9.17, 15) is 4.79 Å². The average molecular weight is 394 g/mol. The van der Waals surface area contributed by atoms with E-state index in [1.54, 1.807) is 11.3 Å². The first-order chi connectivity index (χ1) is 13.7. The van der Waals surface area contributed by atoms with E-state index in [0.29, 0.717) is 13.0 Å². The molecule has 1 amide bonds. The molecule has 0 saturated heterocycles. The van der Waals surface area contributed by atoms with Crippen molar-refractivity contribution in [2.75, 3.05) is 6.79 Å². The number of hydrogen-bond acceptors (Lipinski definition) is 5. The summed E-state index contributed by atoms with van der Waals surface area (Å²) in [5, 5.41) is 5.98. The Hall–Kier alpha value is -2.86. The standard InChI is InChI=1S/C22H22N2O3S/c1-2-3-4-21(25)23-12-15-5-7-16(8-6-15)22-24-18(13-28-22)17-9-10-19-20(11-17)27-14-26-19/h5-11,13H,2-4,12,14H2,1H3,(H,23,25). The van der Waals surface area contributed by atoms with Gasteiger partial charge in [-0.05, 0) is 30.2 Å². The van der Waals surface area contributed by atoms with E-state index in [-0.39, 0.29) is 12.7 Å². The smallest absolute Gasteiger partial charge is 0.231 e. The van der Waals surface area contributed by atoms with E-state index >= 15 is 0 Å². The quantitative estimate of drug-likeness (QED) is 0.612. The van der Waals surface area contributed by atoms with Crippen molar-refractivity contribution < 1.29 is 14.3 Å². The zero-order chi connectivity index (χ0) is 19.3. The van der Waals surface area contributed by atoms with Crippen LogP contribution >= 0.6 is 11.3 Å². The number of carbonyl (C=O) groups is 1. The Morgan fingerprint density at radius 3 is 2.71 bits per heavy atom. The summed E-state index contributed by atoms with van der Waals surface area (Å²) in [6.45, 7) is 2.91. The highest BCUT2D eigenvalue weighted by Crippen LogP contribution is 2.37. The molecule has 6 heteroatoms. The van der Waals surface area contributed by atoms with Crippen LogP contribution in [0.15, 0.2) is 47.8 Å². The van der Waals surface area contributed by atoms with Crippen LogP contribution in [0.2, 0.25) is 0 Å². The van der Waals surface area contributed by atoms with E-state index in [1.165, 1.54) is 0 Å². The Kier molecular flexibility index (Phi) is 5.58. The Morgan fingerprint density at radius 1 is 1.11 bits per heavy atom. The van der Waals surface area contributed by atoms with Gasteiger partial charge in [0.05, 0.1) is 5.69 Å². The summed E-state index contributed by atoms with van der Waals surface area (Å²) in [6, 6.07) is 14.1. The zero-order valence-corrected chi connectivity index (χ0v) is 16.6. The van der Waals surface area contributed by atoms with Crippen LogP contribution in [0.4, 0.5) is 0 Å². The van der Waals surface area contributed by atoms with Crippen LogP contribution < -0.4 is 14.8 Å². The molecular weight excluding hydrogens is 372 g/mol. The van der Waals surface area contributed by atoms with Crippen LogP contribution in [0.3, 0.4) is 0 Å². The molecular formula is C22H22N2O3S. The molecule has 28 heavy (non-hydrogen) atoms. The van der Waals surface area contributed by atoms with Gasteiger partial charge in [0.15, 0.2) is 11.5 Å². The molecule has 0 saturated carbocycles. The zero-order valence-electron chi connectivity index (χ0n) is 15.7. The number of rotatable bonds is 7. The van der Waals surface area contributed by atoms with Crippen LogP contribution in [-0.4, -0.2) is 17.7 Å². The van der Waals surface area contributed by atoms with Gasteiger partial charge in [-0.1, -0.05) is 37.6 Å². The van der Waals surface area contributed by atoms with Crippen molar-refractivity contribution in [3.63, 3.8) is 0 Å². The predicted octanol–water partition coefficient (Wildman–Crippen LogP) is 5.01. The highest BCUT2D eigenvalue weighted by atomic mass is 32.1. The number of benzene rings is 2. The van der Waals surface area contributed by atoms with Gasteiger partial charge in [-0.25, -0.2) is 4.98 Å². The molecule has 3 aromatic rings. The molecule has 1 N–H and O–H groups in total. The molecule has 0 fully saturated rings. The van der Waals surface area contributed by atoms with E-state index in [1.807, 2.05) is 30.3 Å². The van der Waals surface area contributed by atoms with Gasteiger partial charge in [0.2, 0.25) is 12.7 Å². The fraction of sp³-hybridized carbons (Fsp3) is 0.273. The number of aromatic nitrogens is 1. The molecule has 2 aromatic carbocycles. The molecule has 5 nitrogen and oxygen atoms in total. The normalized spacial score (nSPS) is 12.2. The fourth-order valence-electron chi connectivity index (χ4n) is 2.99. The fourth-order valence-corrected chi connectivity index (χ4v) is 3.82. The molecule has 1 aromatic heterocycles. The highest BCUT2D eigenvalue weighted by Gasteiger charge is 2.15. The Morgan fingerprint density at radius 2 is 1.89 bits per heavy atom. The molecule has 2 heterocycles. The van der Waals surface area contributed by atoms with Crippen LogP contribution in [0, 0.1) is 0 Å². The third-order valence-corrected chi connectivity index (χ3v) is 5.51.